The van der Waals surface area contributed by atoms with Crippen LogP contribution in [0.3, 0.4) is 0 Å². The van der Waals surface area contributed by atoms with Gasteiger partial charge in [0.05, 0.1) is 0 Å². The molecule has 1 rings (SSSR count). The lowest BCUT2D eigenvalue weighted by Gasteiger charge is -2.20. The SMILES string of the molecule is CC(C)CC(=O)C1(C)CSSC1. The van der Waals surface area contributed by atoms with Crippen LogP contribution in [0.4, 0.5) is 0 Å². The Bertz CT molecular complexity index is 171. The van der Waals surface area contributed by atoms with Crippen LogP contribution in [-0.2, 0) is 4.79 Å². The van der Waals surface area contributed by atoms with Crippen LogP contribution in [-0.4, -0.2) is 17.3 Å². The fourth-order valence-electron chi connectivity index (χ4n) is 1.16. The molecule has 1 saturated heterocycles. The Hall–Kier alpha value is 0.370. The normalized spacial score (nSPS) is 21.7. The second kappa shape index (κ2) is 4.05. The number of hydrogen-bond donors (Lipinski definition) is 0. The van der Waals surface area contributed by atoms with Crippen LogP contribution in [0.25, 0.3) is 0 Å². The van der Waals surface area contributed by atoms with Gasteiger partial charge in [0, 0.05) is 23.3 Å². The number of hydrogen-bond acceptors (Lipinski definition) is 3. The minimum Gasteiger partial charge on any atom is -0.299 e. The Kier molecular flexibility index (Phi) is 3.53. The second-order valence-electron chi connectivity index (χ2n) is 4.11. The minimum atomic E-state index is -0.0282. The van der Waals surface area contributed by atoms with Crippen molar-refractivity contribution < 1.29 is 4.79 Å². The Morgan fingerprint density at radius 2 is 1.92 bits per heavy atom. The van der Waals surface area contributed by atoms with Gasteiger partial charge in [0.1, 0.15) is 5.78 Å². The monoisotopic (exact) mass is 204 g/mol. The second-order valence-corrected chi connectivity index (χ2v) is 6.57. The van der Waals surface area contributed by atoms with Gasteiger partial charge in [0.25, 0.3) is 0 Å². The zero-order chi connectivity index (χ0) is 9.19. The highest BCUT2D eigenvalue weighted by Crippen LogP contribution is 2.44. The summed E-state index contributed by atoms with van der Waals surface area (Å²) in [5, 5.41) is 0. The summed E-state index contributed by atoms with van der Waals surface area (Å²) >= 11 is 0. The fourth-order valence-corrected chi connectivity index (χ4v) is 4.57. The van der Waals surface area contributed by atoms with Crippen molar-refractivity contribution in [1.29, 1.82) is 0 Å². The first-order valence-corrected chi connectivity index (χ1v) is 6.81. The Balaban J connectivity index is 2.50. The Morgan fingerprint density at radius 1 is 1.42 bits per heavy atom. The molecule has 0 aromatic carbocycles. The van der Waals surface area contributed by atoms with E-state index in [1.807, 2.05) is 21.6 Å². The topological polar surface area (TPSA) is 17.1 Å². The molecule has 1 nitrogen and oxygen atoms in total. The lowest BCUT2D eigenvalue weighted by Crippen LogP contribution is -2.30. The molecule has 12 heavy (non-hydrogen) atoms. The molecule has 0 saturated carbocycles. The van der Waals surface area contributed by atoms with E-state index in [0.29, 0.717) is 11.7 Å². The van der Waals surface area contributed by atoms with Crippen LogP contribution in [0.5, 0.6) is 0 Å². The van der Waals surface area contributed by atoms with Crippen molar-refractivity contribution in [3.05, 3.63) is 0 Å². The van der Waals surface area contributed by atoms with Gasteiger partial charge in [0.2, 0.25) is 0 Å². The van der Waals surface area contributed by atoms with Gasteiger partial charge in [-0.3, -0.25) is 4.79 Å². The molecular weight excluding hydrogens is 188 g/mol. The third kappa shape index (κ3) is 2.43. The predicted octanol–water partition coefficient (Wildman–Crippen LogP) is 3.00. The quantitative estimate of drug-likeness (QED) is 0.658. The van der Waals surface area contributed by atoms with Crippen molar-refractivity contribution in [2.45, 2.75) is 27.2 Å². The van der Waals surface area contributed by atoms with Gasteiger partial charge in [0.15, 0.2) is 0 Å². The Labute approximate surface area is 82.5 Å². The average Bonchev–Trinajstić information content (AvgIpc) is 2.36. The van der Waals surface area contributed by atoms with Crippen LogP contribution in [0, 0.1) is 11.3 Å². The van der Waals surface area contributed by atoms with E-state index in [0.717, 1.165) is 17.9 Å². The summed E-state index contributed by atoms with van der Waals surface area (Å²) in [4.78, 5) is 11.8. The van der Waals surface area contributed by atoms with Crippen LogP contribution in [0.2, 0.25) is 0 Å². The number of carbonyl (C=O) groups is 1. The van der Waals surface area contributed by atoms with E-state index in [9.17, 15) is 4.79 Å². The third-order valence-electron chi connectivity index (χ3n) is 2.11. The standard InChI is InChI=1S/C9H16OS2/c1-7(2)4-8(10)9(3)5-11-12-6-9/h7H,4-6H2,1-3H3. The highest BCUT2D eigenvalue weighted by atomic mass is 33.1. The molecule has 0 amide bonds. The lowest BCUT2D eigenvalue weighted by atomic mass is 9.85. The summed E-state index contributed by atoms with van der Waals surface area (Å²) in [5.74, 6) is 2.96. The maximum absolute atomic E-state index is 11.8. The van der Waals surface area contributed by atoms with Crippen molar-refractivity contribution in [2.75, 3.05) is 11.5 Å². The molecule has 1 aliphatic heterocycles. The van der Waals surface area contributed by atoms with Gasteiger partial charge in [-0.05, 0) is 5.92 Å². The molecule has 0 spiro atoms. The van der Waals surface area contributed by atoms with Crippen LogP contribution in [0.15, 0.2) is 0 Å². The van der Waals surface area contributed by atoms with Crippen LogP contribution in [0.1, 0.15) is 27.2 Å². The Morgan fingerprint density at radius 3 is 2.33 bits per heavy atom. The number of ketones is 1. The zero-order valence-electron chi connectivity index (χ0n) is 7.92. The van der Waals surface area contributed by atoms with E-state index in [1.54, 1.807) is 0 Å². The van der Waals surface area contributed by atoms with Gasteiger partial charge in [-0.2, -0.15) is 0 Å². The molecule has 1 heterocycles. The van der Waals surface area contributed by atoms with E-state index >= 15 is 0 Å². The van der Waals surface area contributed by atoms with Gasteiger partial charge in [-0.25, -0.2) is 0 Å². The largest absolute Gasteiger partial charge is 0.299 e. The summed E-state index contributed by atoms with van der Waals surface area (Å²) in [5.41, 5.74) is -0.0282. The zero-order valence-corrected chi connectivity index (χ0v) is 9.56. The van der Waals surface area contributed by atoms with Crippen molar-refractivity contribution in [1.82, 2.24) is 0 Å². The fraction of sp³-hybridized carbons (Fsp3) is 0.889. The molecule has 1 aliphatic rings. The van der Waals surface area contributed by atoms with Crippen molar-refractivity contribution >= 4 is 27.4 Å². The molecule has 0 unspecified atom stereocenters. The smallest absolute Gasteiger partial charge is 0.140 e. The van der Waals surface area contributed by atoms with Gasteiger partial charge < -0.3 is 0 Å². The molecule has 1 fully saturated rings. The van der Waals surface area contributed by atoms with Gasteiger partial charge in [-0.1, -0.05) is 42.4 Å². The first kappa shape index (κ1) is 10.5. The van der Waals surface area contributed by atoms with Gasteiger partial charge in [-0.15, -0.1) is 0 Å². The lowest BCUT2D eigenvalue weighted by molar-refractivity contribution is -0.126. The van der Waals surface area contributed by atoms with Crippen molar-refractivity contribution in [2.24, 2.45) is 11.3 Å². The summed E-state index contributed by atoms with van der Waals surface area (Å²) in [6.07, 6.45) is 0.748. The van der Waals surface area contributed by atoms with Gasteiger partial charge >= 0.3 is 0 Å². The molecule has 0 atom stereocenters. The van der Waals surface area contributed by atoms with E-state index in [2.05, 4.69) is 20.8 Å². The van der Waals surface area contributed by atoms with Crippen molar-refractivity contribution in [3.63, 3.8) is 0 Å². The van der Waals surface area contributed by atoms with E-state index in [4.69, 9.17) is 0 Å². The predicted molar refractivity (Wildman–Crippen MR) is 57.5 cm³/mol. The third-order valence-corrected chi connectivity index (χ3v) is 4.99. The van der Waals surface area contributed by atoms with Crippen molar-refractivity contribution in [3.8, 4) is 0 Å². The maximum atomic E-state index is 11.8. The molecule has 0 aromatic rings. The van der Waals surface area contributed by atoms with E-state index in [1.165, 1.54) is 0 Å². The molecule has 3 heteroatoms. The first-order valence-electron chi connectivity index (χ1n) is 4.32. The highest BCUT2D eigenvalue weighted by Gasteiger charge is 2.37. The molecule has 0 aromatic heterocycles. The summed E-state index contributed by atoms with van der Waals surface area (Å²) in [7, 11) is 3.66. The highest BCUT2D eigenvalue weighted by molar-refractivity contribution is 8.77. The summed E-state index contributed by atoms with van der Waals surface area (Å²) in [6, 6.07) is 0. The van der Waals surface area contributed by atoms with E-state index < -0.39 is 0 Å². The van der Waals surface area contributed by atoms with Crippen LogP contribution < -0.4 is 0 Å². The molecule has 0 bridgehead atoms. The average molecular weight is 204 g/mol. The molecular formula is C9H16OS2. The summed E-state index contributed by atoms with van der Waals surface area (Å²) < 4.78 is 0. The number of Topliss-reactive ketones (excluding diaryl/α,β-unsaturated/α-hetero) is 1. The number of rotatable bonds is 3. The minimum absolute atomic E-state index is 0.0282. The summed E-state index contributed by atoms with van der Waals surface area (Å²) in [6.45, 7) is 6.32. The van der Waals surface area contributed by atoms with Crippen LogP contribution >= 0.6 is 21.6 Å². The maximum Gasteiger partial charge on any atom is 0.140 e. The molecule has 0 aliphatic carbocycles. The first-order chi connectivity index (χ1) is 5.54. The van der Waals surface area contributed by atoms with E-state index in [-0.39, 0.29) is 5.41 Å². The number of carbonyl (C=O) groups excluding carboxylic acids is 1. The molecule has 0 N–H and O–H groups in total. The molecule has 0 radical (unpaired) electrons. The molecule has 70 valence electrons.